The van der Waals surface area contributed by atoms with Gasteiger partial charge in [-0.1, -0.05) is 370 Å². The molecule has 0 aliphatic rings. The number of unbranched alkanes of at least 4 members (excludes halogenated alkanes) is 46. The lowest BCUT2D eigenvalue weighted by molar-refractivity contribution is -0.161. The van der Waals surface area contributed by atoms with Crippen LogP contribution in [0.1, 0.15) is 421 Å². The molecule has 17 nitrogen and oxygen atoms in total. The van der Waals surface area contributed by atoms with Gasteiger partial charge in [0.1, 0.15) is 19.3 Å². The van der Waals surface area contributed by atoms with Gasteiger partial charge in [-0.2, -0.15) is 0 Å². The van der Waals surface area contributed by atoms with Crippen molar-refractivity contribution in [1.29, 1.82) is 0 Å². The summed E-state index contributed by atoms with van der Waals surface area (Å²) in [5.41, 5.74) is 0. The Morgan fingerprint density at radius 2 is 0.510 bits per heavy atom. The van der Waals surface area contributed by atoms with E-state index in [1.54, 1.807) is 0 Å². The summed E-state index contributed by atoms with van der Waals surface area (Å²) in [4.78, 5) is 73.0. The van der Waals surface area contributed by atoms with Crippen LogP contribution in [0.3, 0.4) is 0 Å². The molecule has 0 radical (unpaired) electrons. The highest BCUT2D eigenvalue weighted by Crippen LogP contribution is 2.45. The molecule has 0 amide bonds. The Morgan fingerprint density at radius 1 is 0.290 bits per heavy atom. The molecule has 0 saturated carbocycles. The van der Waals surface area contributed by atoms with Gasteiger partial charge < -0.3 is 33.8 Å². The predicted molar refractivity (Wildman–Crippen MR) is 409 cm³/mol. The highest BCUT2D eigenvalue weighted by Gasteiger charge is 2.30. The molecule has 0 saturated heterocycles. The molecule has 0 aliphatic carbocycles. The molecule has 100 heavy (non-hydrogen) atoms. The smallest absolute Gasteiger partial charge is 0.462 e. The lowest BCUT2D eigenvalue weighted by Crippen LogP contribution is -2.30. The molecule has 0 aliphatic heterocycles. The lowest BCUT2D eigenvalue weighted by atomic mass is 10.00. The number of carbonyl (C=O) groups is 4. The van der Waals surface area contributed by atoms with Crippen LogP contribution < -0.4 is 0 Å². The van der Waals surface area contributed by atoms with Crippen LogP contribution in [0.2, 0.25) is 0 Å². The Hall–Kier alpha value is -1.94. The number of rotatable bonds is 79. The molecule has 6 atom stereocenters. The Labute approximate surface area is 613 Å². The third-order valence-electron chi connectivity index (χ3n) is 19.2. The average molecular weight is 1470 g/mol. The number of hydrogen-bond acceptors (Lipinski definition) is 15. The van der Waals surface area contributed by atoms with E-state index in [0.717, 1.165) is 114 Å². The minimum atomic E-state index is -4.96. The topological polar surface area (TPSA) is 237 Å². The monoisotopic (exact) mass is 1470 g/mol. The Morgan fingerprint density at radius 3 is 0.760 bits per heavy atom. The van der Waals surface area contributed by atoms with E-state index in [1.165, 1.54) is 225 Å². The second-order valence-corrected chi connectivity index (χ2v) is 33.3. The van der Waals surface area contributed by atoms with Crippen molar-refractivity contribution < 1.29 is 80.2 Å². The molecule has 594 valence electrons. The maximum absolute atomic E-state index is 13.1. The summed E-state index contributed by atoms with van der Waals surface area (Å²) in [6.45, 7) is 12.0. The number of aliphatic hydroxyl groups excluding tert-OH is 1. The average Bonchev–Trinajstić information content (AvgIpc) is 0.957. The quantitative estimate of drug-likeness (QED) is 0.0222. The molecular weight excluding hydrogens is 1310 g/mol. The summed E-state index contributed by atoms with van der Waals surface area (Å²) in [5.74, 6) is 0.239. The van der Waals surface area contributed by atoms with E-state index >= 15 is 0 Å². The van der Waals surface area contributed by atoms with Crippen LogP contribution in [-0.2, 0) is 65.4 Å². The summed E-state index contributed by atoms with van der Waals surface area (Å²) in [6, 6.07) is 0. The van der Waals surface area contributed by atoms with Crippen molar-refractivity contribution in [2.45, 2.75) is 439 Å². The lowest BCUT2D eigenvalue weighted by Gasteiger charge is -2.21. The number of hydrogen-bond donors (Lipinski definition) is 3. The Kier molecular flexibility index (Phi) is 69.9. The zero-order chi connectivity index (χ0) is 73.7. The van der Waals surface area contributed by atoms with Crippen LogP contribution in [0.5, 0.6) is 0 Å². The van der Waals surface area contributed by atoms with Gasteiger partial charge in [-0.15, -0.1) is 0 Å². The third-order valence-corrected chi connectivity index (χ3v) is 21.1. The normalized spacial score (nSPS) is 14.2. The fourth-order valence-corrected chi connectivity index (χ4v) is 14.0. The van der Waals surface area contributed by atoms with Crippen LogP contribution in [0.15, 0.2) is 0 Å². The largest absolute Gasteiger partial charge is 0.472 e. The standard InChI is InChI=1S/C81H158O17P2/c1-8-10-11-12-13-14-15-30-36-41-50-57-64-80(85)98-77(69-92-79(84)63-56-49-44-43-47-54-61-74(7)9-2)71-96-100(89,90)94-67-75(82)66-93-99(87,88)95-70-76(68-91-78(83)62-55-48-40-35-31-26-23-22-25-29-34-39-46-53-60-73(5)6)97-81(86)65-58-51-42-37-32-27-21-19-17-16-18-20-24-28-33-38-45-52-59-72(3)4/h72-77,82H,8-71H2,1-7H3,(H,87,88)(H,89,90)/t74?,75-,76-,77-/m1/s1. The summed E-state index contributed by atoms with van der Waals surface area (Å²) in [6.07, 6.45) is 59.7. The summed E-state index contributed by atoms with van der Waals surface area (Å²) >= 11 is 0. The number of phosphoric acid groups is 2. The van der Waals surface area contributed by atoms with Gasteiger partial charge in [0, 0.05) is 25.7 Å². The van der Waals surface area contributed by atoms with E-state index in [4.69, 9.17) is 37.0 Å². The molecular formula is C81H158O17P2. The first kappa shape index (κ1) is 98.1. The van der Waals surface area contributed by atoms with Gasteiger partial charge in [0.25, 0.3) is 0 Å². The van der Waals surface area contributed by atoms with E-state index in [1.807, 2.05) is 0 Å². The van der Waals surface area contributed by atoms with Crippen LogP contribution in [0.4, 0.5) is 0 Å². The molecule has 0 aromatic rings. The van der Waals surface area contributed by atoms with E-state index in [-0.39, 0.29) is 25.7 Å². The fourth-order valence-electron chi connectivity index (χ4n) is 12.5. The molecule has 0 aromatic carbocycles. The van der Waals surface area contributed by atoms with E-state index in [0.29, 0.717) is 25.7 Å². The fraction of sp³-hybridized carbons (Fsp3) is 0.951. The molecule has 3 unspecified atom stereocenters. The van der Waals surface area contributed by atoms with Gasteiger partial charge >= 0.3 is 39.5 Å². The molecule has 0 aromatic heterocycles. The first-order valence-electron chi connectivity index (χ1n) is 41.9. The van der Waals surface area contributed by atoms with E-state index in [2.05, 4.69) is 48.5 Å². The van der Waals surface area contributed by atoms with Crippen molar-refractivity contribution in [3.63, 3.8) is 0 Å². The molecule has 19 heteroatoms. The van der Waals surface area contributed by atoms with Crippen molar-refractivity contribution >= 4 is 39.5 Å². The van der Waals surface area contributed by atoms with Crippen LogP contribution in [-0.4, -0.2) is 96.7 Å². The predicted octanol–water partition coefficient (Wildman–Crippen LogP) is 24.1. The molecule has 0 rings (SSSR count). The second kappa shape index (κ2) is 71.3. The molecule has 3 N–H and O–H groups in total. The van der Waals surface area contributed by atoms with Crippen molar-refractivity contribution in [2.24, 2.45) is 17.8 Å². The highest BCUT2D eigenvalue weighted by molar-refractivity contribution is 7.47. The first-order chi connectivity index (χ1) is 48.3. The number of aliphatic hydroxyl groups is 1. The number of phosphoric ester groups is 2. The van der Waals surface area contributed by atoms with E-state index in [9.17, 15) is 43.2 Å². The Balaban J connectivity index is 5.22. The van der Waals surface area contributed by atoms with E-state index < -0.39 is 97.5 Å². The van der Waals surface area contributed by atoms with Crippen LogP contribution in [0.25, 0.3) is 0 Å². The minimum absolute atomic E-state index is 0.106. The minimum Gasteiger partial charge on any atom is -0.462 e. The van der Waals surface area contributed by atoms with Gasteiger partial charge in [-0.3, -0.25) is 37.3 Å². The zero-order valence-corrected chi connectivity index (χ0v) is 67.5. The second-order valence-electron chi connectivity index (χ2n) is 30.4. The first-order valence-corrected chi connectivity index (χ1v) is 44.9. The molecule has 0 bridgehead atoms. The summed E-state index contributed by atoms with van der Waals surface area (Å²) in [7, 11) is -9.92. The van der Waals surface area contributed by atoms with Gasteiger partial charge in [0.2, 0.25) is 0 Å². The SMILES string of the molecule is CCCCCCCCCCCCCCC(=O)O[C@H](COC(=O)CCCCCCCCC(C)CC)COP(=O)(O)OC[C@H](O)COP(=O)(O)OC[C@@H](COC(=O)CCCCCCCCCCCCCCCCC(C)C)OC(=O)CCCCCCCCCCCCCCCCCCCCC(C)C. The maximum Gasteiger partial charge on any atom is 0.472 e. The number of carbonyl (C=O) groups excluding carboxylic acids is 4. The summed E-state index contributed by atoms with van der Waals surface area (Å²) in [5, 5.41) is 10.6. The van der Waals surface area contributed by atoms with Crippen molar-refractivity contribution in [3.05, 3.63) is 0 Å². The number of ether oxygens (including phenoxy) is 4. The Bertz CT molecular complexity index is 1940. The van der Waals surface area contributed by atoms with Gasteiger partial charge in [0.05, 0.1) is 26.4 Å². The third kappa shape index (κ3) is 73.0. The van der Waals surface area contributed by atoms with Crippen LogP contribution in [0, 0.1) is 17.8 Å². The zero-order valence-electron chi connectivity index (χ0n) is 65.7. The van der Waals surface area contributed by atoms with Crippen LogP contribution >= 0.6 is 15.6 Å². The van der Waals surface area contributed by atoms with Crippen molar-refractivity contribution in [3.8, 4) is 0 Å². The van der Waals surface area contributed by atoms with Crippen molar-refractivity contribution in [2.75, 3.05) is 39.6 Å². The highest BCUT2D eigenvalue weighted by atomic mass is 31.2. The van der Waals surface area contributed by atoms with Crippen molar-refractivity contribution in [1.82, 2.24) is 0 Å². The number of esters is 4. The summed E-state index contributed by atoms with van der Waals surface area (Å²) < 4.78 is 68.7. The van der Waals surface area contributed by atoms with Gasteiger partial charge in [-0.05, 0) is 43.4 Å². The molecule has 0 fully saturated rings. The molecule has 0 heterocycles. The van der Waals surface area contributed by atoms with Gasteiger partial charge in [0.15, 0.2) is 12.2 Å². The maximum atomic E-state index is 13.1. The van der Waals surface area contributed by atoms with Gasteiger partial charge in [-0.25, -0.2) is 9.13 Å². The molecule has 0 spiro atoms.